The Bertz CT molecular complexity index is 1510. The number of nitrogens with zero attached hydrogens (tertiary/aromatic N) is 2. The molecule has 48 heavy (non-hydrogen) atoms. The highest BCUT2D eigenvalue weighted by atomic mass is 79.9. The van der Waals surface area contributed by atoms with Crippen molar-refractivity contribution in [1.29, 1.82) is 0 Å². The van der Waals surface area contributed by atoms with Gasteiger partial charge in [0.2, 0.25) is 11.8 Å². The first-order chi connectivity index (χ1) is 23.2. The van der Waals surface area contributed by atoms with E-state index in [0.717, 1.165) is 0 Å². The second kappa shape index (κ2) is 15.8. The number of unbranched alkanes of at least 4 members (excludes halogenated alkanes) is 1. The molecule has 3 fully saturated rings. The SMILES string of the molecule is C=CCCC(=O)NC[C@H](OC(=O)[C@H]1[C@@H]2O[C@@]3(CC2Br)[C@@H]1C(=O)N(CCCCO)[C@@H]3C(=O)N(CC=C)c1ccc(Cl)cc1)c1ccccc1. The van der Waals surface area contributed by atoms with Gasteiger partial charge in [-0.25, -0.2) is 0 Å². The molecule has 0 aliphatic carbocycles. The van der Waals surface area contributed by atoms with Crippen molar-refractivity contribution < 1.29 is 33.8 Å². The van der Waals surface area contributed by atoms with Gasteiger partial charge in [-0.1, -0.05) is 70.0 Å². The normalized spacial score (nSPS) is 26.1. The van der Waals surface area contributed by atoms with Crippen molar-refractivity contribution in [2.24, 2.45) is 11.8 Å². The lowest BCUT2D eigenvalue weighted by Gasteiger charge is -2.37. The lowest BCUT2D eigenvalue weighted by molar-refractivity contribution is -0.160. The molecule has 2 aromatic carbocycles. The number of hydrogen-bond donors (Lipinski definition) is 2. The van der Waals surface area contributed by atoms with Crippen LogP contribution in [0, 0.1) is 11.8 Å². The van der Waals surface area contributed by atoms with E-state index in [1.807, 2.05) is 30.3 Å². The largest absolute Gasteiger partial charge is 0.455 e. The molecule has 12 heteroatoms. The Labute approximate surface area is 294 Å². The van der Waals surface area contributed by atoms with Gasteiger partial charge in [0.05, 0.1) is 24.5 Å². The van der Waals surface area contributed by atoms with Crippen molar-refractivity contribution in [1.82, 2.24) is 10.2 Å². The Balaban J connectivity index is 1.47. The molecule has 2 bridgehead atoms. The average molecular weight is 743 g/mol. The van der Waals surface area contributed by atoms with Gasteiger partial charge in [0, 0.05) is 41.7 Å². The van der Waals surface area contributed by atoms with Gasteiger partial charge in [-0.05, 0) is 55.5 Å². The minimum absolute atomic E-state index is 0.0392. The number of alkyl halides is 1. The van der Waals surface area contributed by atoms with Crippen molar-refractivity contribution in [2.45, 2.75) is 60.8 Å². The Morgan fingerprint density at radius 2 is 1.88 bits per heavy atom. The van der Waals surface area contributed by atoms with Gasteiger partial charge in [0.25, 0.3) is 5.91 Å². The van der Waals surface area contributed by atoms with E-state index in [0.29, 0.717) is 42.0 Å². The maximum atomic E-state index is 14.6. The van der Waals surface area contributed by atoms with E-state index in [9.17, 15) is 24.3 Å². The minimum atomic E-state index is -1.30. The Morgan fingerprint density at radius 1 is 1.15 bits per heavy atom. The van der Waals surface area contributed by atoms with Crippen LogP contribution in [-0.4, -0.2) is 82.5 Å². The van der Waals surface area contributed by atoms with Gasteiger partial charge in [-0.15, -0.1) is 13.2 Å². The van der Waals surface area contributed by atoms with Crippen molar-refractivity contribution in [3.8, 4) is 0 Å². The van der Waals surface area contributed by atoms with E-state index < -0.39 is 41.7 Å². The third-order valence-electron chi connectivity index (χ3n) is 9.31. The zero-order chi connectivity index (χ0) is 34.4. The highest BCUT2D eigenvalue weighted by molar-refractivity contribution is 9.09. The number of esters is 1. The summed E-state index contributed by atoms with van der Waals surface area (Å²) in [4.78, 5) is 58.5. The van der Waals surface area contributed by atoms with Gasteiger partial charge in [0.1, 0.15) is 17.7 Å². The summed E-state index contributed by atoms with van der Waals surface area (Å²) >= 11 is 9.84. The fraction of sp³-hybridized carbons (Fsp3) is 0.444. The molecule has 3 heterocycles. The number of carbonyl (C=O) groups is 4. The quantitative estimate of drug-likeness (QED) is 0.110. The van der Waals surface area contributed by atoms with Crippen LogP contribution in [-0.2, 0) is 28.7 Å². The molecule has 2 N–H and O–H groups in total. The topological polar surface area (TPSA) is 125 Å². The lowest BCUT2D eigenvalue weighted by atomic mass is 9.70. The van der Waals surface area contributed by atoms with Crippen molar-refractivity contribution in [2.75, 3.05) is 31.1 Å². The van der Waals surface area contributed by atoms with Crippen molar-refractivity contribution in [3.63, 3.8) is 0 Å². The Kier molecular flexibility index (Phi) is 11.8. The molecule has 0 saturated carbocycles. The van der Waals surface area contributed by atoms with E-state index in [1.54, 1.807) is 41.3 Å². The molecule has 256 valence electrons. The summed E-state index contributed by atoms with van der Waals surface area (Å²) in [6.07, 6.45) is 3.70. The molecule has 3 aliphatic rings. The summed E-state index contributed by atoms with van der Waals surface area (Å²) in [5.74, 6) is -3.54. The predicted molar refractivity (Wildman–Crippen MR) is 185 cm³/mol. The average Bonchev–Trinajstić information content (AvgIpc) is 3.68. The smallest absolute Gasteiger partial charge is 0.313 e. The van der Waals surface area contributed by atoms with E-state index in [1.165, 1.54) is 4.90 Å². The zero-order valence-electron chi connectivity index (χ0n) is 26.6. The van der Waals surface area contributed by atoms with Crippen LogP contribution >= 0.6 is 27.5 Å². The molecule has 0 aromatic heterocycles. The fourth-order valence-electron chi connectivity index (χ4n) is 7.18. The molecular weight excluding hydrogens is 702 g/mol. The lowest BCUT2D eigenvalue weighted by Crippen LogP contribution is -2.57. The van der Waals surface area contributed by atoms with Crippen LogP contribution in [0.4, 0.5) is 5.69 Å². The monoisotopic (exact) mass is 741 g/mol. The molecule has 10 nitrogen and oxygen atoms in total. The van der Waals surface area contributed by atoms with Crippen LogP contribution in [0.2, 0.25) is 5.02 Å². The number of aliphatic hydroxyl groups is 1. The number of anilines is 1. The summed E-state index contributed by atoms with van der Waals surface area (Å²) in [6.45, 7) is 7.83. The number of nitrogens with one attached hydrogen (secondary N) is 1. The number of benzene rings is 2. The summed E-state index contributed by atoms with van der Waals surface area (Å²) in [6, 6.07) is 14.9. The summed E-state index contributed by atoms with van der Waals surface area (Å²) in [5, 5.41) is 12.9. The maximum Gasteiger partial charge on any atom is 0.313 e. The van der Waals surface area contributed by atoms with Gasteiger partial charge < -0.3 is 29.7 Å². The summed E-state index contributed by atoms with van der Waals surface area (Å²) < 4.78 is 12.8. The Hall–Kier alpha value is -3.51. The van der Waals surface area contributed by atoms with Crippen LogP contribution < -0.4 is 10.2 Å². The van der Waals surface area contributed by atoms with Crippen LogP contribution in [0.1, 0.15) is 43.8 Å². The Morgan fingerprint density at radius 3 is 2.54 bits per heavy atom. The number of halogens is 2. The second-order valence-electron chi connectivity index (χ2n) is 12.3. The number of ether oxygens (including phenoxy) is 2. The number of rotatable bonds is 16. The number of fused-ring (bicyclic) bond motifs is 1. The molecule has 3 saturated heterocycles. The number of hydrogen-bond acceptors (Lipinski definition) is 7. The van der Waals surface area contributed by atoms with E-state index in [2.05, 4.69) is 34.4 Å². The summed E-state index contributed by atoms with van der Waals surface area (Å²) in [5.41, 5.74) is -0.0433. The van der Waals surface area contributed by atoms with Gasteiger partial charge in [0.15, 0.2) is 0 Å². The first-order valence-electron chi connectivity index (χ1n) is 16.2. The van der Waals surface area contributed by atoms with Crippen molar-refractivity contribution >= 4 is 56.9 Å². The first-order valence-corrected chi connectivity index (χ1v) is 17.5. The van der Waals surface area contributed by atoms with Gasteiger partial charge in [-0.2, -0.15) is 0 Å². The number of likely N-dealkylation sites (tertiary alicyclic amines) is 1. The van der Waals surface area contributed by atoms with E-state index in [-0.39, 0.29) is 55.2 Å². The molecule has 7 atom stereocenters. The second-order valence-corrected chi connectivity index (χ2v) is 13.9. The highest BCUT2D eigenvalue weighted by Gasteiger charge is 2.77. The number of carbonyl (C=O) groups excluding carboxylic acids is 4. The highest BCUT2D eigenvalue weighted by Crippen LogP contribution is 2.60. The zero-order valence-corrected chi connectivity index (χ0v) is 29.0. The van der Waals surface area contributed by atoms with Crippen LogP contribution in [0.15, 0.2) is 79.9 Å². The van der Waals surface area contributed by atoms with E-state index >= 15 is 0 Å². The van der Waals surface area contributed by atoms with Crippen LogP contribution in [0.5, 0.6) is 0 Å². The molecule has 1 spiro atoms. The fourth-order valence-corrected chi connectivity index (χ4v) is 8.24. The van der Waals surface area contributed by atoms with Crippen molar-refractivity contribution in [3.05, 3.63) is 90.5 Å². The first kappa shape index (κ1) is 35.8. The number of aliphatic hydroxyl groups excluding tert-OH is 1. The molecule has 0 radical (unpaired) electrons. The molecule has 1 unspecified atom stereocenters. The van der Waals surface area contributed by atoms with Crippen LogP contribution in [0.25, 0.3) is 0 Å². The maximum absolute atomic E-state index is 14.6. The molecule has 3 amide bonds. The minimum Gasteiger partial charge on any atom is -0.455 e. The number of allylic oxidation sites excluding steroid dienone is 1. The molecule has 3 aliphatic heterocycles. The third-order valence-corrected chi connectivity index (χ3v) is 10.4. The third kappa shape index (κ3) is 7.10. The van der Waals surface area contributed by atoms with E-state index in [4.69, 9.17) is 21.1 Å². The molecular formula is C36H41BrClN3O7. The molecule has 2 aromatic rings. The standard InChI is InChI=1S/C36H41BrClN3O7/c1-3-5-13-28(43)39-22-27(23-11-7-6-8-12-23)47-35(46)29-30-33(44)41(19-9-10-20-42)32(36(30)21-26(37)31(29)48-36)34(45)40(18-4-2)25-16-14-24(38)15-17-25/h3-4,6-8,11-12,14-17,26-27,29-32,42H,1-2,5,9-10,13,18-22H2,(H,39,43)/t26?,27-,29+,30-,31+,32+,36-/m0/s1. The predicted octanol–water partition coefficient (Wildman–Crippen LogP) is 4.75. The molecule has 5 rings (SSSR count). The number of amides is 3. The van der Waals surface area contributed by atoms with Gasteiger partial charge >= 0.3 is 5.97 Å². The van der Waals surface area contributed by atoms with Crippen LogP contribution in [0.3, 0.4) is 0 Å². The summed E-state index contributed by atoms with van der Waals surface area (Å²) in [7, 11) is 0. The van der Waals surface area contributed by atoms with Gasteiger partial charge in [-0.3, -0.25) is 19.2 Å².